The van der Waals surface area contributed by atoms with Crippen molar-refractivity contribution < 1.29 is 19.4 Å². The zero-order valence-corrected chi connectivity index (χ0v) is 19.3. The normalized spacial score (nSPS) is 16.2. The van der Waals surface area contributed by atoms with Gasteiger partial charge in [-0.3, -0.25) is 14.6 Å². The Hall–Kier alpha value is -3.23. The summed E-state index contributed by atoms with van der Waals surface area (Å²) in [6, 6.07) is 9.20. The molecule has 1 aliphatic heterocycles. The van der Waals surface area contributed by atoms with Crippen molar-refractivity contribution in [1.82, 2.24) is 19.4 Å². The second kappa shape index (κ2) is 9.72. The number of benzene rings is 1. The van der Waals surface area contributed by atoms with Gasteiger partial charge in [0.25, 0.3) is 11.8 Å². The number of amides is 2. The number of likely N-dealkylation sites (N-methyl/N-ethyl adjacent to an activating group) is 1. The number of nitrogens with zero attached hydrogens (tertiary/aromatic N) is 4. The molecular formula is C25H30N4O4. The van der Waals surface area contributed by atoms with E-state index < -0.39 is 0 Å². The maximum absolute atomic E-state index is 13.2. The van der Waals surface area contributed by atoms with E-state index in [1.165, 1.54) is 4.90 Å². The molecule has 1 aliphatic rings. The van der Waals surface area contributed by atoms with Gasteiger partial charge in [0, 0.05) is 61.7 Å². The third kappa shape index (κ3) is 4.77. The number of fused-ring (bicyclic) bond motifs is 1. The number of rotatable bonds is 6. The van der Waals surface area contributed by atoms with E-state index in [9.17, 15) is 9.59 Å². The molecule has 0 saturated carbocycles. The minimum absolute atomic E-state index is 0.0440. The molecule has 8 nitrogen and oxygen atoms in total. The van der Waals surface area contributed by atoms with E-state index in [4.69, 9.17) is 9.84 Å². The first-order valence-corrected chi connectivity index (χ1v) is 11.1. The average molecular weight is 451 g/mol. The second-order valence-electron chi connectivity index (χ2n) is 8.57. The number of pyridine rings is 1. The lowest BCUT2D eigenvalue weighted by Gasteiger charge is -2.35. The highest BCUT2D eigenvalue weighted by Crippen LogP contribution is 2.26. The Morgan fingerprint density at radius 2 is 2.03 bits per heavy atom. The third-order valence-electron chi connectivity index (χ3n) is 6.20. The van der Waals surface area contributed by atoms with Gasteiger partial charge in [0.2, 0.25) is 0 Å². The number of aliphatic hydroxyl groups is 1. The van der Waals surface area contributed by atoms with Crippen LogP contribution in [0.4, 0.5) is 0 Å². The summed E-state index contributed by atoms with van der Waals surface area (Å²) in [4.78, 5) is 33.6. The van der Waals surface area contributed by atoms with Crippen LogP contribution in [0.2, 0.25) is 0 Å². The zero-order chi connectivity index (χ0) is 23.5. The maximum Gasteiger partial charge on any atom is 0.255 e. The number of hydrogen-bond acceptors (Lipinski definition) is 5. The summed E-state index contributed by atoms with van der Waals surface area (Å²) in [6.07, 6.45) is 4.30. The van der Waals surface area contributed by atoms with E-state index >= 15 is 0 Å². The molecule has 0 aliphatic carbocycles. The monoisotopic (exact) mass is 450 g/mol. The minimum Gasteiger partial charge on any atom is -0.395 e. The fourth-order valence-corrected chi connectivity index (χ4v) is 4.35. The standard InChI is InChI=1S/C25H30N4O4/c1-17-4-5-19(14-26-17)25(32)29-9-11-33-16-21(29)12-20-15-28(3)23-7-6-18(13-22(20)23)24(31)27(2)8-10-30/h4-7,13-15,21,30H,8-12,16H2,1-3H3/t21-/m0/s1. The van der Waals surface area contributed by atoms with Crippen molar-refractivity contribution in [2.45, 2.75) is 19.4 Å². The first-order chi connectivity index (χ1) is 15.9. The maximum atomic E-state index is 13.2. The second-order valence-corrected chi connectivity index (χ2v) is 8.57. The molecule has 1 N–H and O–H groups in total. The number of morpholine rings is 1. The predicted molar refractivity (Wildman–Crippen MR) is 125 cm³/mol. The Labute approximate surface area is 193 Å². The summed E-state index contributed by atoms with van der Waals surface area (Å²) in [6.45, 7) is 3.59. The van der Waals surface area contributed by atoms with Gasteiger partial charge in [-0.2, -0.15) is 0 Å². The first-order valence-electron chi connectivity index (χ1n) is 11.1. The molecule has 3 heterocycles. The Morgan fingerprint density at radius 1 is 1.24 bits per heavy atom. The van der Waals surface area contributed by atoms with Crippen LogP contribution in [0.1, 0.15) is 32.0 Å². The van der Waals surface area contributed by atoms with Gasteiger partial charge in [-0.05, 0) is 49.2 Å². The smallest absolute Gasteiger partial charge is 0.255 e. The van der Waals surface area contributed by atoms with Crippen molar-refractivity contribution in [1.29, 1.82) is 0 Å². The lowest BCUT2D eigenvalue weighted by molar-refractivity contribution is -0.00158. The lowest BCUT2D eigenvalue weighted by atomic mass is 10.0. The number of aromatic nitrogens is 2. The van der Waals surface area contributed by atoms with Gasteiger partial charge in [0.05, 0.1) is 31.4 Å². The number of aryl methyl sites for hydroxylation is 2. The van der Waals surface area contributed by atoms with Crippen LogP contribution in [-0.4, -0.2) is 82.3 Å². The molecule has 0 spiro atoms. The van der Waals surface area contributed by atoms with Gasteiger partial charge in [-0.1, -0.05) is 0 Å². The Bertz CT molecular complexity index is 1160. The van der Waals surface area contributed by atoms with Gasteiger partial charge < -0.3 is 24.2 Å². The zero-order valence-electron chi connectivity index (χ0n) is 19.3. The summed E-state index contributed by atoms with van der Waals surface area (Å²) in [5.74, 6) is -0.178. The molecule has 1 aromatic carbocycles. The largest absolute Gasteiger partial charge is 0.395 e. The Kier molecular flexibility index (Phi) is 6.76. The fraction of sp³-hybridized carbons (Fsp3) is 0.400. The fourth-order valence-electron chi connectivity index (χ4n) is 4.35. The molecule has 0 unspecified atom stereocenters. The molecule has 2 amide bonds. The van der Waals surface area contributed by atoms with Crippen LogP contribution in [0.15, 0.2) is 42.7 Å². The highest BCUT2D eigenvalue weighted by molar-refractivity contribution is 5.99. The van der Waals surface area contributed by atoms with Crippen LogP contribution in [0.25, 0.3) is 10.9 Å². The molecule has 2 aromatic heterocycles. The number of aliphatic hydroxyl groups excluding tert-OH is 1. The van der Waals surface area contributed by atoms with E-state index in [0.717, 1.165) is 22.2 Å². The van der Waals surface area contributed by atoms with Crippen LogP contribution in [0.5, 0.6) is 0 Å². The highest BCUT2D eigenvalue weighted by Gasteiger charge is 2.29. The van der Waals surface area contributed by atoms with Gasteiger partial charge in [0.15, 0.2) is 0 Å². The summed E-state index contributed by atoms with van der Waals surface area (Å²) < 4.78 is 7.77. The molecule has 33 heavy (non-hydrogen) atoms. The van der Waals surface area contributed by atoms with E-state index in [1.807, 2.05) is 53.8 Å². The topological polar surface area (TPSA) is 87.9 Å². The Morgan fingerprint density at radius 3 is 2.76 bits per heavy atom. The molecular weight excluding hydrogens is 420 g/mol. The number of ether oxygens (including phenoxy) is 1. The summed E-state index contributed by atoms with van der Waals surface area (Å²) in [5.41, 5.74) is 4.09. The van der Waals surface area contributed by atoms with Crippen LogP contribution in [0.3, 0.4) is 0 Å². The van der Waals surface area contributed by atoms with Crippen LogP contribution < -0.4 is 0 Å². The van der Waals surface area contributed by atoms with Gasteiger partial charge in [0.1, 0.15) is 0 Å². The number of hydrogen-bond donors (Lipinski definition) is 1. The molecule has 3 aromatic rings. The van der Waals surface area contributed by atoms with Crippen LogP contribution >= 0.6 is 0 Å². The van der Waals surface area contributed by atoms with Crippen molar-refractivity contribution in [2.75, 3.05) is 40.0 Å². The van der Waals surface area contributed by atoms with Crippen molar-refractivity contribution >= 4 is 22.7 Å². The van der Waals surface area contributed by atoms with Gasteiger partial charge in [-0.15, -0.1) is 0 Å². The molecule has 8 heteroatoms. The number of carbonyl (C=O) groups excluding carboxylic acids is 2. The Balaban J connectivity index is 1.62. The molecule has 174 valence electrons. The minimum atomic E-state index is -0.134. The molecule has 0 bridgehead atoms. The summed E-state index contributed by atoms with van der Waals surface area (Å²) >= 11 is 0. The van der Waals surface area contributed by atoms with E-state index in [2.05, 4.69) is 11.2 Å². The highest BCUT2D eigenvalue weighted by atomic mass is 16.5. The third-order valence-corrected chi connectivity index (χ3v) is 6.20. The summed E-state index contributed by atoms with van der Waals surface area (Å²) in [5, 5.41) is 10.1. The van der Waals surface area contributed by atoms with Crippen LogP contribution in [-0.2, 0) is 18.2 Å². The summed E-state index contributed by atoms with van der Waals surface area (Å²) in [7, 11) is 3.65. The number of carbonyl (C=O) groups is 2. The molecule has 1 saturated heterocycles. The molecule has 1 fully saturated rings. The van der Waals surface area contributed by atoms with Crippen molar-refractivity contribution in [3.63, 3.8) is 0 Å². The van der Waals surface area contributed by atoms with Crippen molar-refractivity contribution in [2.24, 2.45) is 7.05 Å². The van der Waals surface area contributed by atoms with Crippen LogP contribution in [0, 0.1) is 6.92 Å². The predicted octanol–water partition coefficient (Wildman–Crippen LogP) is 2.03. The van der Waals surface area contributed by atoms with Gasteiger partial charge in [-0.25, -0.2) is 0 Å². The first kappa shape index (κ1) is 22.9. The average Bonchev–Trinajstić information content (AvgIpc) is 3.13. The SMILES string of the molecule is Cc1ccc(C(=O)N2CCOC[C@@H]2Cc2cn(C)c3ccc(C(=O)N(C)CCO)cc23)cn1. The quantitative estimate of drug-likeness (QED) is 0.621. The molecule has 0 radical (unpaired) electrons. The molecule has 4 rings (SSSR count). The lowest BCUT2D eigenvalue weighted by Crippen LogP contribution is -2.49. The van der Waals surface area contributed by atoms with Crippen molar-refractivity contribution in [3.05, 3.63) is 65.1 Å². The van der Waals surface area contributed by atoms with Gasteiger partial charge >= 0.3 is 0 Å². The van der Waals surface area contributed by atoms with E-state index in [-0.39, 0.29) is 31.0 Å². The van der Waals surface area contributed by atoms with E-state index in [1.54, 1.807) is 13.2 Å². The van der Waals surface area contributed by atoms with E-state index in [0.29, 0.717) is 37.3 Å². The van der Waals surface area contributed by atoms with Crippen molar-refractivity contribution in [3.8, 4) is 0 Å². The molecule has 1 atom stereocenters.